The summed E-state index contributed by atoms with van der Waals surface area (Å²) in [5.41, 5.74) is 0.494. The molecule has 1 unspecified atom stereocenters. The number of anilines is 1. The Bertz CT molecular complexity index is 664. The zero-order valence-electron chi connectivity index (χ0n) is 11.1. The molecule has 2 aromatic carbocycles. The van der Waals surface area contributed by atoms with Crippen LogP contribution in [0.1, 0.15) is 6.92 Å². The minimum absolute atomic E-state index is 0.296. The van der Waals surface area contributed by atoms with Gasteiger partial charge < -0.3 is 10.1 Å². The van der Waals surface area contributed by atoms with Gasteiger partial charge in [-0.15, -0.1) is 0 Å². The maximum absolute atomic E-state index is 12.1. The highest BCUT2D eigenvalue weighted by Gasteiger charge is 2.17. The third kappa shape index (κ3) is 4.37. The molecule has 0 aliphatic rings. The van der Waals surface area contributed by atoms with E-state index in [1.807, 2.05) is 18.2 Å². The van der Waals surface area contributed by atoms with Crippen LogP contribution in [0.2, 0.25) is 10.0 Å². The largest absolute Gasteiger partial charge is 0.480 e. The number of halogens is 3. The fraction of sp³-hybridized carbons (Fsp3) is 0.133. The first kappa shape index (κ1) is 16.1. The average molecular weight is 389 g/mol. The first-order valence-electron chi connectivity index (χ1n) is 6.14. The standard InChI is InChI=1S/C15H12BrCl2NO2/c1-9(21-14-5-3-2-4-11(14)16)15(20)19-13-7-6-10(17)8-12(13)18/h2-9H,1H3,(H,19,20). The van der Waals surface area contributed by atoms with E-state index in [0.29, 0.717) is 21.5 Å². The lowest BCUT2D eigenvalue weighted by Gasteiger charge is -2.16. The van der Waals surface area contributed by atoms with Crippen molar-refractivity contribution in [3.63, 3.8) is 0 Å². The van der Waals surface area contributed by atoms with Crippen LogP contribution in [0.4, 0.5) is 5.69 Å². The van der Waals surface area contributed by atoms with Crippen LogP contribution in [0.5, 0.6) is 5.75 Å². The van der Waals surface area contributed by atoms with E-state index in [4.69, 9.17) is 27.9 Å². The van der Waals surface area contributed by atoms with Gasteiger partial charge in [-0.1, -0.05) is 35.3 Å². The molecule has 0 fully saturated rings. The first-order valence-corrected chi connectivity index (χ1v) is 7.69. The molecule has 0 radical (unpaired) electrons. The lowest BCUT2D eigenvalue weighted by Crippen LogP contribution is -2.30. The third-order valence-electron chi connectivity index (χ3n) is 2.70. The van der Waals surface area contributed by atoms with Crippen molar-refractivity contribution in [2.45, 2.75) is 13.0 Å². The van der Waals surface area contributed by atoms with Crippen molar-refractivity contribution in [2.24, 2.45) is 0 Å². The summed E-state index contributed by atoms with van der Waals surface area (Å²) in [6, 6.07) is 12.2. The molecule has 0 saturated carbocycles. The van der Waals surface area contributed by atoms with Gasteiger partial charge in [0.05, 0.1) is 15.2 Å². The summed E-state index contributed by atoms with van der Waals surface area (Å²) in [6.45, 7) is 1.67. The van der Waals surface area contributed by atoms with Gasteiger partial charge in [0.1, 0.15) is 5.75 Å². The molecule has 0 aromatic heterocycles. The Balaban J connectivity index is 2.04. The molecule has 2 aromatic rings. The molecule has 21 heavy (non-hydrogen) atoms. The molecule has 0 bridgehead atoms. The molecule has 0 saturated heterocycles. The van der Waals surface area contributed by atoms with Crippen molar-refractivity contribution in [3.8, 4) is 5.75 Å². The van der Waals surface area contributed by atoms with Gasteiger partial charge in [-0.2, -0.15) is 0 Å². The van der Waals surface area contributed by atoms with E-state index in [9.17, 15) is 4.79 Å². The molecule has 0 spiro atoms. The van der Waals surface area contributed by atoms with Crippen LogP contribution in [-0.2, 0) is 4.79 Å². The van der Waals surface area contributed by atoms with Crippen molar-refractivity contribution < 1.29 is 9.53 Å². The zero-order valence-corrected chi connectivity index (χ0v) is 14.2. The zero-order chi connectivity index (χ0) is 15.4. The average Bonchev–Trinajstić information content (AvgIpc) is 2.44. The molecule has 1 atom stereocenters. The first-order chi connectivity index (χ1) is 9.97. The molecule has 1 amide bonds. The number of hydrogen-bond acceptors (Lipinski definition) is 2. The van der Waals surface area contributed by atoms with Gasteiger partial charge in [0.25, 0.3) is 5.91 Å². The number of hydrogen-bond donors (Lipinski definition) is 1. The quantitative estimate of drug-likeness (QED) is 0.785. The lowest BCUT2D eigenvalue weighted by molar-refractivity contribution is -0.122. The molecule has 110 valence electrons. The van der Waals surface area contributed by atoms with E-state index in [2.05, 4.69) is 21.2 Å². The number of para-hydroxylation sites is 1. The van der Waals surface area contributed by atoms with Crippen molar-refractivity contribution in [3.05, 3.63) is 57.0 Å². The second-order valence-corrected chi connectivity index (χ2v) is 6.00. The molecule has 3 nitrogen and oxygen atoms in total. The van der Waals surface area contributed by atoms with Crippen LogP contribution < -0.4 is 10.1 Å². The topological polar surface area (TPSA) is 38.3 Å². The molecular weight excluding hydrogens is 377 g/mol. The van der Waals surface area contributed by atoms with Crippen molar-refractivity contribution in [2.75, 3.05) is 5.32 Å². The SMILES string of the molecule is CC(Oc1ccccc1Br)C(=O)Nc1ccc(Cl)cc1Cl. The maximum Gasteiger partial charge on any atom is 0.265 e. The summed E-state index contributed by atoms with van der Waals surface area (Å²) >= 11 is 15.2. The predicted molar refractivity (Wildman–Crippen MR) is 89.3 cm³/mol. The summed E-state index contributed by atoms with van der Waals surface area (Å²) in [5.74, 6) is 0.303. The van der Waals surface area contributed by atoms with Gasteiger partial charge in [0, 0.05) is 5.02 Å². The summed E-state index contributed by atoms with van der Waals surface area (Å²) in [5, 5.41) is 3.60. The van der Waals surface area contributed by atoms with E-state index in [1.54, 1.807) is 31.2 Å². The van der Waals surface area contributed by atoms with Gasteiger partial charge in [-0.3, -0.25) is 4.79 Å². The number of rotatable bonds is 4. The Kier molecular flexibility index (Phi) is 5.51. The molecule has 2 rings (SSSR count). The van der Waals surface area contributed by atoms with Crippen LogP contribution in [0.3, 0.4) is 0 Å². The van der Waals surface area contributed by atoms with Crippen molar-refractivity contribution in [1.29, 1.82) is 0 Å². The second-order valence-electron chi connectivity index (χ2n) is 4.30. The predicted octanol–water partition coefficient (Wildman–Crippen LogP) is 5.16. The Hall–Kier alpha value is -1.23. The van der Waals surface area contributed by atoms with Crippen LogP contribution in [0.15, 0.2) is 46.9 Å². The molecule has 0 aliphatic heterocycles. The summed E-state index contributed by atoms with van der Waals surface area (Å²) < 4.78 is 6.40. The van der Waals surface area contributed by atoms with Crippen LogP contribution in [-0.4, -0.2) is 12.0 Å². The molecule has 1 N–H and O–H groups in total. The molecule has 0 heterocycles. The monoisotopic (exact) mass is 387 g/mol. The number of nitrogens with one attached hydrogen (secondary N) is 1. The van der Waals surface area contributed by atoms with Crippen molar-refractivity contribution >= 4 is 50.7 Å². The van der Waals surface area contributed by atoms with E-state index in [1.165, 1.54) is 0 Å². The Labute approximate surface area is 141 Å². The minimum Gasteiger partial charge on any atom is -0.480 e. The van der Waals surface area contributed by atoms with Gasteiger partial charge in [-0.25, -0.2) is 0 Å². The van der Waals surface area contributed by atoms with Crippen molar-refractivity contribution in [1.82, 2.24) is 0 Å². The Morgan fingerprint density at radius 3 is 2.62 bits per heavy atom. The summed E-state index contributed by atoms with van der Waals surface area (Å²) in [7, 11) is 0. The van der Waals surface area contributed by atoms with E-state index in [0.717, 1.165) is 4.47 Å². The lowest BCUT2D eigenvalue weighted by atomic mass is 10.3. The fourth-order valence-electron chi connectivity index (χ4n) is 1.61. The van der Waals surface area contributed by atoms with E-state index in [-0.39, 0.29) is 5.91 Å². The number of carbonyl (C=O) groups excluding carboxylic acids is 1. The van der Waals surface area contributed by atoms with Crippen LogP contribution in [0, 0.1) is 0 Å². The normalized spacial score (nSPS) is 11.8. The highest BCUT2D eigenvalue weighted by Crippen LogP contribution is 2.27. The summed E-state index contributed by atoms with van der Waals surface area (Å²) in [6.07, 6.45) is -0.671. The van der Waals surface area contributed by atoms with Gasteiger partial charge in [-0.05, 0) is 53.2 Å². The number of benzene rings is 2. The van der Waals surface area contributed by atoms with E-state index >= 15 is 0 Å². The van der Waals surface area contributed by atoms with Crippen LogP contribution >= 0.6 is 39.1 Å². The highest BCUT2D eigenvalue weighted by atomic mass is 79.9. The number of amides is 1. The fourth-order valence-corrected chi connectivity index (χ4v) is 2.44. The number of carbonyl (C=O) groups is 1. The molecular formula is C15H12BrCl2NO2. The number of ether oxygens (including phenoxy) is 1. The van der Waals surface area contributed by atoms with Gasteiger partial charge >= 0.3 is 0 Å². The molecule has 6 heteroatoms. The van der Waals surface area contributed by atoms with Gasteiger partial charge in [0.15, 0.2) is 6.10 Å². The maximum atomic E-state index is 12.1. The van der Waals surface area contributed by atoms with Crippen LogP contribution in [0.25, 0.3) is 0 Å². The second kappa shape index (κ2) is 7.16. The highest BCUT2D eigenvalue weighted by molar-refractivity contribution is 9.10. The minimum atomic E-state index is -0.671. The third-order valence-corrected chi connectivity index (χ3v) is 3.90. The van der Waals surface area contributed by atoms with Gasteiger partial charge in [0.2, 0.25) is 0 Å². The van der Waals surface area contributed by atoms with E-state index < -0.39 is 6.10 Å². The Morgan fingerprint density at radius 2 is 1.95 bits per heavy atom. The Morgan fingerprint density at radius 1 is 1.24 bits per heavy atom. The summed E-state index contributed by atoms with van der Waals surface area (Å²) in [4.78, 5) is 12.1. The molecule has 0 aliphatic carbocycles. The smallest absolute Gasteiger partial charge is 0.265 e.